The summed E-state index contributed by atoms with van der Waals surface area (Å²) in [7, 11) is 0. The van der Waals surface area contributed by atoms with Crippen molar-refractivity contribution in [1.82, 2.24) is 0 Å². The average molecular weight is 322 g/mol. The molecule has 0 saturated carbocycles. The fourth-order valence-corrected chi connectivity index (χ4v) is 2.31. The minimum Gasteiger partial charge on any atom is -0.507 e. The summed E-state index contributed by atoms with van der Waals surface area (Å²) in [5.41, 5.74) is 11.3. The molecule has 7 N–H and O–H groups in total. The molecular formula is C17H16N5O2+. The van der Waals surface area contributed by atoms with Crippen molar-refractivity contribution in [1.29, 1.82) is 0 Å². The smallest absolute Gasteiger partial charge is 0.325 e. The zero-order valence-electron chi connectivity index (χ0n) is 12.7. The van der Waals surface area contributed by atoms with Crippen LogP contribution in [0.4, 0.5) is 11.5 Å². The third-order valence-corrected chi connectivity index (χ3v) is 3.41. The van der Waals surface area contributed by atoms with Gasteiger partial charge in [-0.15, -0.1) is 0 Å². The van der Waals surface area contributed by atoms with E-state index < -0.39 is 5.91 Å². The van der Waals surface area contributed by atoms with Crippen LogP contribution < -0.4 is 21.8 Å². The lowest BCUT2D eigenvalue weighted by Crippen LogP contribution is -2.23. The molecule has 7 nitrogen and oxygen atoms in total. The number of hydrogen-bond acceptors (Lipinski definition) is 3. The Kier molecular flexibility index (Phi) is 3.98. The number of hydrogen-bond donors (Lipinski definition) is 4. The lowest BCUT2D eigenvalue weighted by Gasteiger charge is -2.07. The number of anilines is 1. The predicted octanol–water partition coefficient (Wildman–Crippen LogP) is 1.52. The number of aliphatic imine (C=N–C) groups is 1. The molecule has 1 amide bonds. The molecule has 3 rings (SSSR count). The normalized spacial score (nSPS) is 10.3. The highest BCUT2D eigenvalue weighted by molar-refractivity contribution is 6.08. The largest absolute Gasteiger partial charge is 0.507 e. The number of aromatic hydroxyl groups is 1. The van der Waals surface area contributed by atoms with Crippen molar-refractivity contribution < 1.29 is 14.9 Å². The number of phenols is 1. The highest BCUT2D eigenvalue weighted by atomic mass is 16.3. The van der Waals surface area contributed by atoms with Gasteiger partial charge in [0.1, 0.15) is 11.9 Å². The number of benzene rings is 2. The SMILES string of the molecule is NC(N)=Nc1ccc(NC(=O)c2cc3ccccc3cc2O)c[nH+]1. The quantitative estimate of drug-likeness (QED) is 0.430. The molecule has 0 spiro atoms. The highest BCUT2D eigenvalue weighted by Gasteiger charge is 2.13. The van der Waals surface area contributed by atoms with Crippen LogP contribution in [-0.4, -0.2) is 17.0 Å². The topological polar surface area (TPSA) is 128 Å². The molecule has 0 atom stereocenters. The molecule has 3 aromatic rings. The maximum absolute atomic E-state index is 12.4. The van der Waals surface area contributed by atoms with Gasteiger partial charge in [0.25, 0.3) is 5.91 Å². The summed E-state index contributed by atoms with van der Waals surface area (Å²) in [5, 5.41) is 14.5. The van der Waals surface area contributed by atoms with E-state index in [0.29, 0.717) is 11.5 Å². The lowest BCUT2D eigenvalue weighted by molar-refractivity contribution is -0.361. The molecule has 0 unspecified atom stereocenters. The second kappa shape index (κ2) is 6.25. The van der Waals surface area contributed by atoms with E-state index in [0.717, 1.165) is 10.8 Å². The summed E-state index contributed by atoms with van der Waals surface area (Å²) < 4.78 is 0. The molecular weight excluding hydrogens is 306 g/mol. The lowest BCUT2D eigenvalue weighted by atomic mass is 10.1. The van der Waals surface area contributed by atoms with Gasteiger partial charge in [-0.25, -0.2) is 4.98 Å². The number of pyridine rings is 1. The fraction of sp³-hybridized carbons (Fsp3) is 0. The third kappa shape index (κ3) is 3.25. The number of amides is 1. The van der Waals surface area contributed by atoms with Crippen LogP contribution in [0.15, 0.2) is 59.7 Å². The Balaban J connectivity index is 1.84. The maximum atomic E-state index is 12.4. The molecule has 0 radical (unpaired) electrons. The van der Waals surface area contributed by atoms with E-state index in [2.05, 4.69) is 15.3 Å². The molecule has 24 heavy (non-hydrogen) atoms. The number of fused-ring (bicyclic) bond motifs is 1. The molecule has 0 aliphatic rings. The van der Waals surface area contributed by atoms with Crippen LogP contribution in [0.5, 0.6) is 5.75 Å². The molecule has 0 aliphatic heterocycles. The zero-order valence-corrected chi connectivity index (χ0v) is 12.7. The van der Waals surface area contributed by atoms with Crippen molar-refractivity contribution >= 4 is 34.1 Å². The van der Waals surface area contributed by atoms with Crippen molar-refractivity contribution in [2.45, 2.75) is 0 Å². The first-order valence-corrected chi connectivity index (χ1v) is 7.17. The number of aromatic nitrogens is 1. The Hall–Kier alpha value is -3.61. The van der Waals surface area contributed by atoms with Crippen LogP contribution in [0, 0.1) is 0 Å². The Labute approximate surface area is 137 Å². The second-order valence-corrected chi connectivity index (χ2v) is 5.17. The predicted molar refractivity (Wildman–Crippen MR) is 92.0 cm³/mol. The Bertz CT molecular complexity index is 931. The van der Waals surface area contributed by atoms with Crippen LogP contribution in [-0.2, 0) is 0 Å². The summed E-state index contributed by atoms with van der Waals surface area (Å²) in [5.74, 6) is -0.0979. The summed E-state index contributed by atoms with van der Waals surface area (Å²) in [6.45, 7) is 0. The van der Waals surface area contributed by atoms with Crippen LogP contribution >= 0.6 is 0 Å². The average Bonchev–Trinajstić information content (AvgIpc) is 2.55. The second-order valence-electron chi connectivity index (χ2n) is 5.17. The van der Waals surface area contributed by atoms with Crippen molar-refractivity contribution in [2.75, 3.05) is 5.32 Å². The maximum Gasteiger partial charge on any atom is 0.325 e. The van der Waals surface area contributed by atoms with Gasteiger partial charge in [0.05, 0.1) is 11.3 Å². The van der Waals surface area contributed by atoms with Crippen molar-refractivity contribution in [2.24, 2.45) is 16.5 Å². The molecule has 120 valence electrons. The van der Waals surface area contributed by atoms with Crippen LogP contribution in [0.3, 0.4) is 0 Å². The Morgan fingerprint density at radius 1 is 1.08 bits per heavy atom. The van der Waals surface area contributed by atoms with Gasteiger partial charge in [0.2, 0.25) is 0 Å². The van der Waals surface area contributed by atoms with Crippen molar-refractivity contribution in [3.63, 3.8) is 0 Å². The number of guanidine groups is 1. The molecule has 0 fully saturated rings. The number of nitrogens with one attached hydrogen (secondary N) is 2. The zero-order chi connectivity index (χ0) is 17.1. The standard InChI is InChI=1S/C17H15N5O2/c18-17(19)22-15-6-5-12(9-20-15)21-16(24)13-7-10-3-1-2-4-11(10)8-14(13)23/h1-9,23H,(H,21,24)(H4,18,19,20,22)/p+1. The first kappa shape index (κ1) is 15.3. The Morgan fingerprint density at radius 3 is 2.42 bits per heavy atom. The molecule has 0 bridgehead atoms. The first-order chi connectivity index (χ1) is 11.5. The van der Waals surface area contributed by atoms with E-state index >= 15 is 0 Å². The van der Waals surface area contributed by atoms with Gasteiger partial charge < -0.3 is 21.9 Å². The highest BCUT2D eigenvalue weighted by Crippen LogP contribution is 2.25. The first-order valence-electron chi connectivity index (χ1n) is 7.17. The number of H-pyrrole nitrogens is 1. The van der Waals surface area contributed by atoms with Gasteiger partial charge in [-0.2, -0.15) is 0 Å². The van der Waals surface area contributed by atoms with Crippen LogP contribution in [0.1, 0.15) is 10.4 Å². The molecule has 0 saturated heterocycles. The number of rotatable bonds is 3. The number of carbonyl (C=O) groups is 1. The minimum absolute atomic E-state index is 0.0656. The summed E-state index contributed by atoms with van der Waals surface area (Å²) >= 11 is 0. The van der Waals surface area contributed by atoms with Gasteiger partial charge in [0, 0.05) is 6.07 Å². The van der Waals surface area contributed by atoms with Gasteiger partial charge in [-0.3, -0.25) is 4.79 Å². The third-order valence-electron chi connectivity index (χ3n) is 3.41. The van der Waals surface area contributed by atoms with Crippen LogP contribution in [0.2, 0.25) is 0 Å². The molecule has 1 aromatic heterocycles. The van der Waals surface area contributed by atoms with E-state index in [1.165, 1.54) is 0 Å². The van der Waals surface area contributed by atoms with Gasteiger partial charge in [-0.05, 0) is 34.0 Å². The van der Waals surface area contributed by atoms with E-state index in [-0.39, 0.29) is 17.3 Å². The Morgan fingerprint density at radius 2 is 1.79 bits per heavy atom. The molecule has 0 aliphatic carbocycles. The number of phenolic OH excluding ortho intramolecular Hbond substituents is 1. The van der Waals surface area contributed by atoms with Crippen molar-refractivity contribution in [3.05, 3.63) is 60.3 Å². The van der Waals surface area contributed by atoms with E-state index in [9.17, 15) is 9.90 Å². The van der Waals surface area contributed by atoms with E-state index in [1.54, 1.807) is 30.5 Å². The fourth-order valence-electron chi connectivity index (χ4n) is 2.31. The van der Waals surface area contributed by atoms with E-state index in [1.807, 2.05) is 24.3 Å². The van der Waals surface area contributed by atoms with Gasteiger partial charge in [0.15, 0.2) is 0 Å². The number of nitrogens with zero attached hydrogens (tertiary/aromatic N) is 1. The summed E-state index contributed by atoms with van der Waals surface area (Å²) in [4.78, 5) is 19.1. The van der Waals surface area contributed by atoms with Gasteiger partial charge >= 0.3 is 11.8 Å². The van der Waals surface area contributed by atoms with Crippen LogP contribution in [0.25, 0.3) is 10.8 Å². The molecule has 1 heterocycles. The molecule has 7 heteroatoms. The van der Waals surface area contributed by atoms with Crippen molar-refractivity contribution in [3.8, 4) is 5.75 Å². The summed E-state index contributed by atoms with van der Waals surface area (Å²) in [6, 6.07) is 14.0. The number of aromatic amines is 1. The van der Waals surface area contributed by atoms with Gasteiger partial charge in [-0.1, -0.05) is 24.3 Å². The summed E-state index contributed by atoms with van der Waals surface area (Å²) in [6.07, 6.45) is 1.55. The minimum atomic E-state index is -0.416. The monoisotopic (exact) mass is 322 g/mol. The number of carbonyl (C=O) groups excluding carboxylic acids is 1. The van der Waals surface area contributed by atoms with E-state index in [4.69, 9.17) is 11.5 Å². The molecule has 2 aromatic carbocycles. The number of nitrogens with two attached hydrogens (primary N) is 2.